The highest BCUT2D eigenvalue weighted by Crippen LogP contribution is 2.47. The summed E-state index contributed by atoms with van der Waals surface area (Å²) in [4.78, 5) is 12.1. The topological polar surface area (TPSA) is 54.0 Å². The lowest BCUT2D eigenvalue weighted by Gasteiger charge is -2.32. The lowest BCUT2D eigenvalue weighted by Crippen LogP contribution is -2.29. The van der Waals surface area contributed by atoms with Gasteiger partial charge in [0.1, 0.15) is 17.2 Å². The molecule has 34 heavy (non-hydrogen) atoms. The first kappa shape index (κ1) is 23.8. The number of ether oxygens (including phenoxy) is 4. The van der Waals surface area contributed by atoms with E-state index < -0.39 is 6.10 Å². The molecule has 1 aliphatic rings. The first-order valence-corrected chi connectivity index (χ1v) is 12.0. The average molecular weight is 461 g/mol. The van der Waals surface area contributed by atoms with Gasteiger partial charge in [-0.25, -0.2) is 4.79 Å². The van der Waals surface area contributed by atoms with Gasteiger partial charge in [0.25, 0.3) is 0 Å². The van der Waals surface area contributed by atoms with Crippen molar-refractivity contribution in [3.8, 4) is 17.2 Å². The van der Waals surface area contributed by atoms with Crippen molar-refractivity contribution in [1.29, 1.82) is 0 Å². The van der Waals surface area contributed by atoms with Crippen LogP contribution in [0.3, 0.4) is 0 Å². The Morgan fingerprint density at radius 2 is 1.50 bits per heavy atom. The Morgan fingerprint density at radius 1 is 0.882 bits per heavy atom. The molecule has 0 fully saturated rings. The predicted octanol–water partition coefficient (Wildman–Crippen LogP) is 6.15. The maximum Gasteiger partial charge on any atom is 0.335 e. The molecule has 0 amide bonds. The van der Waals surface area contributed by atoms with Crippen molar-refractivity contribution in [1.82, 2.24) is 0 Å². The summed E-state index contributed by atoms with van der Waals surface area (Å²) in [6, 6.07) is 24.3. The summed E-state index contributed by atoms with van der Waals surface area (Å²) in [6.07, 6.45) is -0.121. The predicted molar refractivity (Wildman–Crippen MR) is 132 cm³/mol. The molecule has 0 aliphatic carbocycles. The summed E-state index contributed by atoms with van der Waals surface area (Å²) < 4.78 is 23.0. The minimum Gasteiger partial charge on any atom is -0.493 e. The van der Waals surface area contributed by atoms with Crippen LogP contribution in [0.25, 0.3) is 0 Å². The zero-order chi connectivity index (χ0) is 23.9. The fourth-order valence-corrected chi connectivity index (χ4v) is 4.47. The van der Waals surface area contributed by atoms with Crippen molar-refractivity contribution in [2.24, 2.45) is 5.92 Å². The molecular weight excluding hydrogens is 428 g/mol. The number of carbonyl (C=O) groups is 1. The van der Waals surface area contributed by atoms with Crippen LogP contribution in [0.2, 0.25) is 0 Å². The lowest BCUT2D eigenvalue weighted by atomic mass is 9.80. The van der Waals surface area contributed by atoms with Crippen molar-refractivity contribution in [2.45, 2.75) is 39.2 Å². The van der Waals surface area contributed by atoms with Gasteiger partial charge in [-0.2, -0.15) is 0 Å². The normalized spacial score (nSPS) is 14.3. The second-order valence-corrected chi connectivity index (χ2v) is 8.49. The molecule has 0 radical (unpaired) electrons. The number of esters is 1. The van der Waals surface area contributed by atoms with Crippen LogP contribution in [0.5, 0.6) is 17.2 Å². The van der Waals surface area contributed by atoms with E-state index in [1.165, 1.54) is 11.1 Å². The number of rotatable bonds is 10. The fourth-order valence-electron chi connectivity index (χ4n) is 4.47. The van der Waals surface area contributed by atoms with Crippen LogP contribution in [-0.4, -0.2) is 31.9 Å². The van der Waals surface area contributed by atoms with Gasteiger partial charge in [-0.05, 0) is 43.7 Å². The number of carbonyl (C=O) groups excluding carboxylic acids is 1. The quantitative estimate of drug-likeness (QED) is 0.340. The molecule has 0 N–H and O–H groups in total. The molecule has 5 nitrogen and oxygen atoms in total. The van der Waals surface area contributed by atoms with E-state index in [2.05, 4.69) is 31.2 Å². The second kappa shape index (κ2) is 11.2. The number of fused-ring (bicyclic) bond motifs is 2. The molecule has 0 saturated heterocycles. The largest absolute Gasteiger partial charge is 0.493 e. The molecule has 3 aromatic rings. The maximum atomic E-state index is 12.1. The Hall–Kier alpha value is -3.31. The van der Waals surface area contributed by atoms with Crippen molar-refractivity contribution < 1.29 is 23.7 Å². The molecule has 3 aromatic carbocycles. The van der Waals surface area contributed by atoms with E-state index in [1.54, 1.807) is 6.92 Å². The van der Waals surface area contributed by atoms with Crippen molar-refractivity contribution in [3.63, 3.8) is 0 Å². The van der Waals surface area contributed by atoms with Crippen LogP contribution in [0.15, 0.2) is 72.8 Å². The zero-order valence-electron chi connectivity index (χ0n) is 20.0. The fraction of sp³-hybridized carbons (Fsp3) is 0.345. The summed E-state index contributed by atoms with van der Waals surface area (Å²) in [5.41, 5.74) is 3.38. The number of hydrogen-bond acceptors (Lipinski definition) is 5. The first-order chi connectivity index (χ1) is 16.6. The van der Waals surface area contributed by atoms with Crippen LogP contribution >= 0.6 is 0 Å². The van der Waals surface area contributed by atoms with E-state index in [0.29, 0.717) is 26.2 Å². The van der Waals surface area contributed by atoms with E-state index in [9.17, 15) is 4.79 Å². The van der Waals surface area contributed by atoms with Gasteiger partial charge in [-0.15, -0.1) is 0 Å². The van der Waals surface area contributed by atoms with Gasteiger partial charge in [0.15, 0.2) is 6.10 Å². The van der Waals surface area contributed by atoms with Crippen molar-refractivity contribution >= 4 is 5.97 Å². The average Bonchev–Trinajstić information content (AvgIpc) is 2.86. The Kier molecular flexibility index (Phi) is 7.86. The monoisotopic (exact) mass is 460 g/mol. The zero-order valence-corrected chi connectivity index (χ0v) is 20.0. The van der Waals surface area contributed by atoms with Gasteiger partial charge in [0.2, 0.25) is 0 Å². The minimum atomic E-state index is -0.592. The third kappa shape index (κ3) is 5.42. The molecule has 5 heteroatoms. The maximum absolute atomic E-state index is 12.1. The molecule has 0 aromatic heterocycles. The van der Waals surface area contributed by atoms with Crippen LogP contribution in [0.1, 0.15) is 43.4 Å². The molecule has 2 atom stereocenters. The number of para-hydroxylation sites is 2. The smallest absolute Gasteiger partial charge is 0.335 e. The second-order valence-electron chi connectivity index (χ2n) is 8.49. The molecule has 2 unspecified atom stereocenters. The summed E-state index contributed by atoms with van der Waals surface area (Å²) >= 11 is 0. The highest BCUT2D eigenvalue weighted by Gasteiger charge is 2.31. The van der Waals surface area contributed by atoms with E-state index in [-0.39, 0.29) is 17.8 Å². The van der Waals surface area contributed by atoms with E-state index in [4.69, 9.17) is 18.9 Å². The van der Waals surface area contributed by atoms with Crippen LogP contribution in [-0.2, 0) is 20.7 Å². The van der Waals surface area contributed by atoms with Gasteiger partial charge in [-0.3, -0.25) is 0 Å². The van der Waals surface area contributed by atoms with Gasteiger partial charge in [-0.1, -0.05) is 55.5 Å². The summed E-state index contributed by atoms with van der Waals surface area (Å²) in [5, 5.41) is 0. The summed E-state index contributed by atoms with van der Waals surface area (Å²) in [5.74, 6) is 2.72. The van der Waals surface area contributed by atoms with E-state index in [0.717, 1.165) is 22.8 Å². The van der Waals surface area contributed by atoms with Gasteiger partial charge in [0, 0.05) is 36.0 Å². The van der Waals surface area contributed by atoms with Crippen molar-refractivity contribution in [3.05, 3.63) is 89.5 Å². The molecular formula is C29H32O5. The van der Waals surface area contributed by atoms with Crippen LogP contribution in [0.4, 0.5) is 0 Å². The van der Waals surface area contributed by atoms with E-state index in [1.807, 2.05) is 55.5 Å². The number of hydrogen-bond donors (Lipinski definition) is 0. The molecule has 1 heterocycles. The van der Waals surface area contributed by atoms with E-state index >= 15 is 0 Å². The van der Waals surface area contributed by atoms with Gasteiger partial charge >= 0.3 is 5.97 Å². The number of benzene rings is 3. The molecule has 0 spiro atoms. The standard InChI is InChI=1S/C29H32O5/c1-4-31-27(29(30)32-5-2)18-21-14-16-22(17-15-21)33-19-20(3)28-23-10-6-8-12-25(23)34-26-13-9-7-11-24(26)28/h6-17,20,27-28H,4-5,18-19H2,1-3H3. The molecule has 178 valence electrons. The Balaban J connectivity index is 1.42. The highest BCUT2D eigenvalue weighted by atomic mass is 16.6. The van der Waals surface area contributed by atoms with Gasteiger partial charge in [0.05, 0.1) is 13.2 Å². The Bertz CT molecular complexity index is 1050. The van der Waals surface area contributed by atoms with Crippen LogP contribution < -0.4 is 9.47 Å². The summed E-state index contributed by atoms with van der Waals surface area (Å²) in [7, 11) is 0. The molecule has 0 bridgehead atoms. The minimum absolute atomic E-state index is 0.192. The first-order valence-electron chi connectivity index (χ1n) is 12.0. The van der Waals surface area contributed by atoms with Crippen LogP contribution in [0, 0.1) is 5.92 Å². The SMILES string of the molecule is CCOC(=O)C(Cc1ccc(OCC(C)C2c3ccccc3Oc3ccccc32)cc1)OCC. The van der Waals surface area contributed by atoms with Gasteiger partial charge < -0.3 is 18.9 Å². The molecule has 1 aliphatic heterocycles. The van der Waals surface area contributed by atoms with Crippen molar-refractivity contribution in [2.75, 3.05) is 19.8 Å². The molecule has 0 saturated carbocycles. The molecule has 4 rings (SSSR count). The highest BCUT2D eigenvalue weighted by molar-refractivity contribution is 5.75. The Morgan fingerprint density at radius 3 is 2.09 bits per heavy atom. The third-order valence-corrected chi connectivity index (χ3v) is 6.07. The lowest BCUT2D eigenvalue weighted by molar-refractivity contribution is -0.156. The Labute approximate surface area is 201 Å². The third-order valence-electron chi connectivity index (χ3n) is 6.07. The summed E-state index contributed by atoms with van der Waals surface area (Å²) in [6.45, 7) is 7.25.